The van der Waals surface area contributed by atoms with Crippen LogP contribution in [0.3, 0.4) is 0 Å². The number of fused-ring (bicyclic) bond motifs is 1. The molecule has 4 heteroatoms. The molecule has 0 unspecified atom stereocenters. The van der Waals surface area contributed by atoms with E-state index in [-0.39, 0.29) is 6.04 Å². The second-order valence-corrected chi connectivity index (χ2v) is 5.40. The van der Waals surface area contributed by atoms with Crippen molar-refractivity contribution in [2.24, 2.45) is 0 Å². The maximum Gasteiger partial charge on any atom is 0.142 e. The quantitative estimate of drug-likeness (QED) is 0.714. The minimum atomic E-state index is 0.277. The lowest BCUT2D eigenvalue weighted by molar-refractivity contribution is 0.624. The Morgan fingerprint density at radius 2 is 2.00 bits per heavy atom. The van der Waals surface area contributed by atoms with Crippen LogP contribution in [0.5, 0.6) is 0 Å². The molecule has 0 saturated carbocycles. The average Bonchev–Trinajstić information content (AvgIpc) is 2.86. The van der Waals surface area contributed by atoms with Gasteiger partial charge in [-0.3, -0.25) is 4.98 Å². The maximum atomic E-state index is 9.04. The van der Waals surface area contributed by atoms with Gasteiger partial charge in [-0.05, 0) is 51.1 Å². The number of hydrogen-bond donors (Lipinski definition) is 0. The highest BCUT2D eigenvalue weighted by Gasteiger charge is 2.15. The molecule has 1 aromatic carbocycles. The number of aryl methyl sites for hydroxylation is 1. The fourth-order valence-corrected chi connectivity index (χ4v) is 2.49. The van der Waals surface area contributed by atoms with E-state index in [4.69, 9.17) is 10.2 Å². The Labute approximate surface area is 123 Å². The van der Waals surface area contributed by atoms with Gasteiger partial charge in [-0.25, -0.2) is 4.98 Å². The number of rotatable bonds is 2. The smallest absolute Gasteiger partial charge is 0.142 e. The summed E-state index contributed by atoms with van der Waals surface area (Å²) < 4.78 is 2.18. The van der Waals surface area contributed by atoms with E-state index < -0.39 is 0 Å². The van der Waals surface area contributed by atoms with Gasteiger partial charge in [0.15, 0.2) is 0 Å². The van der Waals surface area contributed by atoms with Crippen LogP contribution in [-0.2, 0) is 0 Å². The third-order valence-electron chi connectivity index (χ3n) is 3.50. The van der Waals surface area contributed by atoms with E-state index >= 15 is 0 Å². The second-order valence-electron chi connectivity index (χ2n) is 5.40. The highest BCUT2D eigenvalue weighted by Crippen LogP contribution is 2.28. The molecule has 3 aromatic rings. The van der Waals surface area contributed by atoms with E-state index in [0.717, 1.165) is 28.1 Å². The van der Waals surface area contributed by atoms with Crippen LogP contribution in [0.15, 0.2) is 36.5 Å². The van der Waals surface area contributed by atoms with Gasteiger partial charge in [0.2, 0.25) is 0 Å². The summed E-state index contributed by atoms with van der Waals surface area (Å²) in [6, 6.07) is 12.1. The van der Waals surface area contributed by atoms with Crippen molar-refractivity contribution in [1.82, 2.24) is 14.5 Å². The van der Waals surface area contributed by atoms with Crippen molar-refractivity contribution in [2.75, 3.05) is 0 Å². The lowest BCUT2D eigenvalue weighted by atomic mass is 10.2. The van der Waals surface area contributed by atoms with Crippen LogP contribution in [0.25, 0.3) is 22.4 Å². The van der Waals surface area contributed by atoms with Gasteiger partial charge < -0.3 is 4.57 Å². The first-order chi connectivity index (χ1) is 10.1. The first-order valence-electron chi connectivity index (χ1n) is 6.95. The molecule has 2 aromatic heterocycles. The van der Waals surface area contributed by atoms with Crippen molar-refractivity contribution in [3.05, 3.63) is 47.8 Å². The van der Waals surface area contributed by atoms with Crippen LogP contribution in [0.4, 0.5) is 0 Å². The Hall–Kier alpha value is -2.67. The molecule has 21 heavy (non-hydrogen) atoms. The van der Waals surface area contributed by atoms with E-state index in [2.05, 4.69) is 29.5 Å². The zero-order valence-corrected chi connectivity index (χ0v) is 12.3. The average molecular weight is 276 g/mol. The number of hydrogen-bond acceptors (Lipinski definition) is 3. The summed E-state index contributed by atoms with van der Waals surface area (Å²) in [6.45, 7) is 6.23. The van der Waals surface area contributed by atoms with Crippen molar-refractivity contribution in [1.29, 1.82) is 5.26 Å². The SMILES string of the molecule is Cc1ccc(-c2nc3cc(C#N)ccc3n2C(C)C)cn1. The molecule has 0 aliphatic carbocycles. The maximum absolute atomic E-state index is 9.04. The van der Waals surface area contributed by atoms with E-state index in [9.17, 15) is 0 Å². The van der Waals surface area contributed by atoms with Gasteiger partial charge in [-0.1, -0.05) is 0 Å². The van der Waals surface area contributed by atoms with E-state index in [1.54, 1.807) is 0 Å². The van der Waals surface area contributed by atoms with Crippen molar-refractivity contribution in [3.8, 4) is 17.5 Å². The highest BCUT2D eigenvalue weighted by molar-refractivity contribution is 5.82. The van der Waals surface area contributed by atoms with Crippen molar-refractivity contribution in [2.45, 2.75) is 26.8 Å². The molecule has 0 aliphatic rings. The van der Waals surface area contributed by atoms with Gasteiger partial charge in [0.25, 0.3) is 0 Å². The molecule has 0 spiro atoms. The minimum Gasteiger partial charge on any atom is -0.321 e. The molecule has 2 heterocycles. The van der Waals surface area contributed by atoms with Gasteiger partial charge in [0.1, 0.15) is 5.82 Å². The number of pyridine rings is 1. The van der Waals surface area contributed by atoms with Gasteiger partial charge in [-0.2, -0.15) is 5.26 Å². The summed E-state index contributed by atoms with van der Waals surface area (Å²) in [6.07, 6.45) is 1.85. The molecule has 4 nitrogen and oxygen atoms in total. The summed E-state index contributed by atoms with van der Waals surface area (Å²) >= 11 is 0. The Morgan fingerprint density at radius 3 is 2.62 bits per heavy atom. The number of nitrogens with zero attached hydrogens (tertiary/aromatic N) is 4. The predicted molar refractivity (Wildman–Crippen MR) is 82.8 cm³/mol. The zero-order valence-electron chi connectivity index (χ0n) is 12.3. The van der Waals surface area contributed by atoms with Crippen LogP contribution in [0.1, 0.15) is 31.1 Å². The second kappa shape index (κ2) is 5.02. The van der Waals surface area contributed by atoms with Crippen LogP contribution in [0.2, 0.25) is 0 Å². The van der Waals surface area contributed by atoms with Crippen molar-refractivity contribution in [3.63, 3.8) is 0 Å². The van der Waals surface area contributed by atoms with E-state index in [1.807, 2.05) is 43.5 Å². The van der Waals surface area contributed by atoms with Crippen LogP contribution >= 0.6 is 0 Å². The zero-order chi connectivity index (χ0) is 15.0. The molecule has 3 rings (SSSR count). The molecule has 0 aliphatic heterocycles. The summed E-state index contributed by atoms with van der Waals surface area (Å²) in [7, 11) is 0. The standard InChI is InChI=1S/C17H16N4/c1-11(2)21-16-7-5-13(9-18)8-15(16)20-17(21)14-6-4-12(3)19-10-14/h4-8,10-11H,1-3H3. The molecule has 104 valence electrons. The minimum absolute atomic E-state index is 0.277. The van der Waals surface area contributed by atoms with Crippen molar-refractivity contribution < 1.29 is 0 Å². The normalized spacial score (nSPS) is 11.0. The Kier molecular flexibility index (Phi) is 3.19. The summed E-state index contributed by atoms with van der Waals surface area (Å²) in [5.41, 5.74) is 4.49. The van der Waals surface area contributed by atoms with Crippen LogP contribution in [0, 0.1) is 18.3 Å². The number of aromatic nitrogens is 3. The first-order valence-corrected chi connectivity index (χ1v) is 6.95. The third-order valence-corrected chi connectivity index (χ3v) is 3.50. The molecule has 0 radical (unpaired) electrons. The first kappa shape index (κ1) is 13.3. The lowest BCUT2D eigenvalue weighted by Crippen LogP contribution is -2.03. The number of benzene rings is 1. The Bertz CT molecular complexity index is 836. The van der Waals surface area contributed by atoms with Crippen LogP contribution < -0.4 is 0 Å². The fourth-order valence-electron chi connectivity index (χ4n) is 2.49. The molecule has 0 atom stereocenters. The monoisotopic (exact) mass is 276 g/mol. The Morgan fingerprint density at radius 1 is 1.19 bits per heavy atom. The molecule has 0 amide bonds. The number of nitriles is 1. The van der Waals surface area contributed by atoms with Gasteiger partial charge in [0, 0.05) is 23.5 Å². The van der Waals surface area contributed by atoms with E-state index in [0.29, 0.717) is 5.56 Å². The number of imidazole rings is 1. The fraction of sp³-hybridized carbons (Fsp3) is 0.235. The predicted octanol–water partition coefficient (Wildman–Crippen LogP) is 3.86. The molecule has 0 N–H and O–H groups in total. The molecule has 0 fully saturated rings. The van der Waals surface area contributed by atoms with Gasteiger partial charge in [-0.15, -0.1) is 0 Å². The lowest BCUT2D eigenvalue weighted by Gasteiger charge is -2.13. The van der Waals surface area contributed by atoms with Crippen molar-refractivity contribution >= 4 is 11.0 Å². The highest BCUT2D eigenvalue weighted by atomic mass is 15.1. The third kappa shape index (κ3) is 2.27. The largest absolute Gasteiger partial charge is 0.321 e. The topological polar surface area (TPSA) is 54.5 Å². The molecular formula is C17H16N4. The molecule has 0 saturated heterocycles. The Balaban J connectivity index is 2.28. The summed E-state index contributed by atoms with van der Waals surface area (Å²) in [5, 5.41) is 9.04. The molecule has 0 bridgehead atoms. The van der Waals surface area contributed by atoms with Gasteiger partial charge >= 0.3 is 0 Å². The van der Waals surface area contributed by atoms with E-state index in [1.165, 1.54) is 0 Å². The summed E-state index contributed by atoms with van der Waals surface area (Å²) in [4.78, 5) is 9.07. The summed E-state index contributed by atoms with van der Waals surface area (Å²) in [5.74, 6) is 0.891. The van der Waals surface area contributed by atoms with Gasteiger partial charge in [0.05, 0.1) is 22.7 Å². The van der Waals surface area contributed by atoms with Crippen LogP contribution in [-0.4, -0.2) is 14.5 Å². The molecular weight excluding hydrogens is 260 g/mol.